The van der Waals surface area contributed by atoms with Crippen LogP contribution in [0.4, 0.5) is 0 Å². The van der Waals surface area contributed by atoms with Crippen molar-refractivity contribution >= 4 is 0 Å². The lowest BCUT2D eigenvalue weighted by molar-refractivity contribution is 0.0665. The van der Waals surface area contributed by atoms with Gasteiger partial charge in [0.05, 0.1) is 12.1 Å². The highest BCUT2D eigenvalue weighted by molar-refractivity contribution is 5.03. The third kappa shape index (κ3) is 2.23. The average Bonchev–Trinajstić information content (AvgIpc) is 3.07. The van der Waals surface area contributed by atoms with E-state index in [2.05, 4.69) is 17.0 Å². The van der Waals surface area contributed by atoms with Crippen LogP contribution in [0.2, 0.25) is 0 Å². The van der Waals surface area contributed by atoms with Crippen LogP contribution in [0.3, 0.4) is 0 Å². The van der Waals surface area contributed by atoms with Gasteiger partial charge < -0.3 is 5.11 Å². The molecule has 0 radical (unpaired) electrons. The number of aromatic nitrogens is 3. The topological polar surface area (TPSA) is 50.9 Å². The molecule has 2 fully saturated rings. The van der Waals surface area contributed by atoms with Gasteiger partial charge in [0.2, 0.25) is 0 Å². The highest BCUT2D eigenvalue weighted by Gasteiger charge is 2.32. The van der Waals surface area contributed by atoms with E-state index in [1.165, 1.54) is 12.8 Å². The molecule has 17 heavy (non-hydrogen) atoms. The summed E-state index contributed by atoms with van der Waals surface area (Å²) >= 11 is 0. The number of nitrogens with zero attached hydrogens (tertiary/aromatic N) is 3. The molecule has 0 aromatic carbocycles. The quantitative estimate of drug-likeness (QED) is 0.874. The van der Waals surface area contributed by atoms with Crippen LogP contribution in [0, 0.1) is 5.92 Å². The second kappa shape index (κ2) is 4.41. The molecule has 94 valence electrons. The molecule has 3 atom stereocenters. The first-order valence-corrected chi connectivity index (χ1v) is 6.87. The van der Waals surface area contributed by atoms with Gasteiger partial charge in [0.1, 0.15) is 6.33 Å². The first-order valence-electron chi connectivity index (χ1n) is 6.87. The summed E-state index contributed by atoms with van der Waals surface area (Å²) in [7, 11) is 0. The Balaban J connectivity index is 1.78. The monoisotopic (exact) mass is 235 g/mol. The minimum absolute atomic E-state index is 0.156. The summed E-state index contributed by atoms with van der Waals surface area (Å²) in [6.07, 6.45) is 8.26. The Morgan fingerprint density at radius 3 is 2.88 bits per heavy atom. The third-order valence-electron chi connectivity index (χ3n) is 4.26. The van der Waals surface area contributed by atoms with Crippen LogP contribution in [0.25, 0.3) is 0 Å². The summed E-state index contributed by atoms with van der Waals surface area (Å²) in [5, 5.41) is 14.4. The van der Waals surface area contributed by atoms with Crippen molar-refractivity contribution in [1.82, 2.24) is 14.8 Å². The minimum Gasteiger partial charge on any atom is -0.393 e. The van der Waals surface area contributed by atoms with E-state index >= 15 is 0 Å². The van der Waals surface area contributed by atoms with Gasteiger partial charge in [-0.05, 0) is 38.0 Å². The summed E-state index contributed by atoms with van der Waals surface area (Å²) in [6.45, 7) is 2.23. The number of hydrogen-bond acceptors (Lipinski definition) is 3. The standard InChI is InChI=1S/C13H21N3O/c1-2-9-5-6-11(17)7-12(9)16-8-14-13(15-16)10-3-4-10/h8-12,17H,2-7H2,1H3. The molecule has 1 heterocycles. The maximum Gasteiger partial charge on any atom is 0.153 e. The molecule has 0 saturated heterocycles. The Hall–Kier alpha value is -0.900. The van der Waals surface area contributed by atoms with E-state index in [9.17, 15) is 5.11 Å². The molecular weight excluding hydrogens is 214 g/mol. The molecule has 1 aromatic rings. The summed E-state index contributed by atoms with van der Waals surface area (Å²) in [4.78, 5) is 4.42. The van der Waals surface area contributed by atoms with E-state index < -0.39 is 0 Å². The minimum atomic E-state index is -0.156. The Kier molecular flexibility index (Phi) is 2.90. The molecule has 3 rings (SSSR count). The molecule has 0 amide bonds. The summed E-state index contributed by atoms with van der Waals surface area (Å²) in [5.41, 5.74) is 0. The maximum atomic E-state index is 9.82. The normalized spacial score (nSPS) is 33.9. The van der Waals surface area contributed by atoms with Gasteiger partial charge in [-0.1, -0.05) is 13.3 Å². The van der Waals surface area contributed by atoms with Crippen LogP contribution >= 0.6 is 0 Å². The summed E-state index contributed by atoms with van der Waals surface area (Å²) < 4.78 is 2.02. The zero-order valence-corrected chi connectivity index (χ0v) is 10.4. The fourth-order valence-electron chi connectivity index (χ4n) is 2.96. The van der Waals surface area contributed by atoms with E-state index in [4.69, 9.17) is 0 Å². The molecule has 3 unspecified atom stereocenters. The van der Waals surface area contributed by atoms with Crippen LogP contribution < -0.4 is 0 Å². The molecule has 2 saturated carbocycles. The smallest absolute Gasteiger partial charge is 0.153 e. The Bertz CT molecular complexity index is 386. The Morgan fingerprint density at radius 1 is 1.35 bits per heavy atom. The van der Waals surface area contributed by atoms with Gasteiger partial charge in [0, 0.05) is 5.92 Å². The molecule has 1 N–H and O–H groups in total. The third-order valence-corrected chi connectivity index (χ3v) is 4.26. The average molecular weight is 235 g/mol. The van der Waals surface area contributed by atoms with Gasteiger partial charge in [-0.2, -0.15) is 5.10 Å². The molecule has 4 nitrogen and oxygen atoms in total. The first-order chi connectivity index (χ1) is 8.28. The van der Waals surface area contributed by atoms with Crippen LogP contribution in [0.1, 0.15) is 63.2 Å². The van der Waals surface area contributed by atoms with Gasteiger partial charge in [0.15, 0.2) is 5.82 Å². The van der Waals surface area contributed by atoms with Crippen molar-refractivity contribution in [2.75, 3.05) is 0 Å². The maximum absolute atomic E-state index is 9.82. The van der Waals surface area contributed by atoms with E-state index in [1.807, 2.05) is 11.0 Å². The molecule has 1 aromatic heterocycles. The fourth-order valence-corrected chi connectivity index (χ4v) is 2.96. The second-order valence-electron chi connectivity index (χ2n) is 5.56. The zero-order valence-electron chi connectivity index (χ0n) is 10.4. The van der Waals surface area contributed by atoms with Gasteiger partial charge in [-0.15, -0.1) is 0 Å². The Morgan fingerprint density at radius 2 is 2.18 bits per heavy atom. The number of aliphatic hydroxyl groups excluding tert-OH is 1. The lowest BCUT2D eigenvalue weighted by Crippen LogP contribution is -2.30. The van der Waals surface area contributed by atoms with Crippen molar-refractivity contribution in [1.29, 1.82) is 0 Å². The van der Waals surface area contributed by atoms with Gasteiger partial charge in [-0.3, -0.25) is 0 Å². The molecular formula is C13H21N3O. The Labute approximate surface area is 102 Å². The highest BCUT2D eigenvalue weighted by Crippen LogP contribution is 2.39. The molecule has 2 aliphatic rings. The van der Waals surface area contributed by atoms with E-state index in [-0.39, 0.29) is 6.10 Å². The van der Waals surface area contributed by atoms with Crippen LogP contribution in [-0.4, -0.2) is 26.0 Å². The first kappa shape index (κ1) is 11.2. The largest absolute Gasteiger partial charge is 0.393 e. The number of rotatable bonds is 3. The molecule has 0 spiro atoms. The van der Waals surface area contributed by atoms with E-state index in [0.717, 1.165) is 31.5 Å². The van der Waals surface area contributed by atoms with Gasteiger partial charge in [0.25, 0.3) is 0 Å². The molecule has 0 bridgehead atoms. The van der Waals surface area contributed by atoms with Crippen molar-refractivity contribution in [2.24, 2.45) is 5.92 Å². The van der Waals surface area contributed by atoms with Crippen LogP contribution in [0.5, 0.6) is 0 Å². The van der Waals surface area contributed by atoms with E-state index in [0.29, 0.717) is 17.9 Å². The van der Waals surface area contributed by atoms with Crippen LogP contribution in [-0.2, 0) is 0 Å². The predicted octanol–water partition coefficient (Wildman–Crippen LogP) is 2.27. The van der Waals surface area contributed by atoms with Crippen molar-refractivity contribution in [2.45, 2.75) is 63.5 Å². The lowest BCUT2D eigenvalue weighted by Gasteiger charge is -2.33. The van der Waals surface area contributed by atoms with Crippen molar-refractivity contribution < 1.29 is 5.11 Å². The van der Waals surface area contributed by atoms with Crippen molar-refractivity contribution in [3.05, 3.63) is 12.2 Å². The predicted molar refractivity (Wildman–Crippen MR) is 64.7 cm³/mol. The highest BCUT2D eigenvalue weighted by atomic mass is 16.3. The number of aliphatic hydroxyl groups is 1. The molecule has 4 heteroatoms. The summed E-state index contributed by atoms with van der Waals surface area (Å²) in [5.74, 6) is 2.27. The summed E-state index contributed by atoms with van der Waals surface area (Å²) in [6, 6.07) is 0.351. The number of hydrogen-bond donors (Lipinski definition) is 1. The van der Waals surface area contributed by atoms with Crippen molar-refractivity contribution in [3.8, 4) is 0 Å². The van der Waals surface area contributed by atoms with Crippen LogP contribution in [0.15, 0.2) is 6.33 Å². The SMILES string of the molecule is CCC1CCC(O)CC1n1cnc(C2CC2)n1. The van der Waals surface area contributed by atoms with Gasteiger partial charge >= 0.3 is 0 Å². The van der Waals surface area contributed by atoms with Gasteiger partial charge in [-0.25, -0.2) is 9.67 Å². The van der Waals surface area contributed by atoms with E-state index in [1.54, 1.807) is 0 Å². The molecule has 2 aliphatic carbocycles. The lowest BCUT2D eigenvalue weighted by atomic mass is 9.81. The zero-order chi connectivity index (χ0) is 11.8. The second-order valence-corrected chi connectivity index (χ2v) is 5.56. The molecule has 0 aliphatic heterocycles. The van der Waals surface area contributed by atoms with Crippen molar-refractivity contribution in [3.63, 3.8) is 0 Å². The fraction of sp³-hybridized carbons (Fsp3) is 0.846.